The number of aliphatic hydroxyl groups is 2. The molecule has 5 N–H and O–H groups in total. The van der Waals surface area contributed by atoms with Crippen LogP contribution >= 0.6 is 0 Å². The quantitative estimate of drug-likeness (QED) is 0.336. The summed E-state index contributed by atoms with van der Waals surface area (Å²) < 4.78 is 0. The smallest absolute Gasteiger partial charge is 0.284 e. The van der Waals surface area contributed by atoms with E-state index in [9.17, 15) is 0 Å². The first-order valence-corrected chi connectivity index (χ1v) is 2.43. The number of nitrogens with two attached hydrogens (primary N) is 1. The first-order chi connectivity index (χ1) is 3.42. The summed E-state index contributed by atoms with van der Waals surface area (Å²) in [5.74, 6) is 0. The Morgan fingerprint density at radius 3 is 1.88 bits per heavy atom. The van der Waals surface area contributed by atoms with Crippen LogP contribution in [0.3, 0.4) is 0 Å². The Hall–Kier alpha value is -0.160. The second-order valence-electron chi connectivity index (χ2n) is 2.03. The predicted octanol–water partition coefficient (Wildman–Crippen LogP) is -1.46. The molecule has 4 nitrogen and oxygen atoms in total. The summed E-state index contributed by atoms with van der Waals surface area (Å²) in [6.07, 6.45) is 0. The van der Waals surface area contributed by atoms with Crippen LogP contribution in [-0.2, 0) is 0 Å². The molecule has 0 aliphatic rings. The summed E-state index contributed by atoms with van der Waals surface area (Å²) in [6, 6.07) is -2.26. The molecule has 0 aliphatic carbocycles. The molecule has 0 unspecified atom stereocenters. The van der Waals surface area contributed by atoms with Crippen LogP contribution in [0.4, 0.5) is 0 Å². The molecule has 0 aromatic carbocycles. The van der Waals surface area contributed by atoms with Crippen LogP contribution in [0, 0.1) is 0 Å². The van der Waals surface area contributed by atoms with Gasteiger partial charge in [0.05, 0.1) is 0 Å². The summed E-state index contributed by atoms with van der Waals surface area (Å²) in [7, 11) is 0. The van der Waals surface area contributed by atoms with E-state index in [0.717, 1.165) is 0 Å². The summed E-state index contributed by atoms with van der Waals surface area (Å²) >= 11 is 0. The maximum absolute atomic E-state index is 8.41. The van der Waals surface area contributed by atoms with E-state index in [2.05, 4.69) is 5.32 Å². The van der Waals surface area contributed by atoms with Crippen molar-refractivity contribution in [3.63, 3.8) is 0 Å². The van der Waals surface area contributed by atoms with Crippen molar-refractivity contribution >= 4 is 0 Å². The monoisotopic (exact) mass is 120 g/mol. The minimum absolute atomic E-state index is 0.0324. The third-order valence-electron chi connectivity index (χ3n) is 0.501. The molecule has 0 radical (unpaired) electrons. The Morgan fingerprint density at radius 2 is 1.88 bits per heavy atom. The Kier molecular flexibility index (Phi) is 2.36. The second-order valence-corrected chi connectivity index (χ2v) is 2.03. The van der Waals surface area contributed by atoms with Crippen molar-refractivity contribution in [2.45, 2.75) is 25.9 Å². The van der Waals surface area contributed by atoms with Crippen LogP contribution in [0.1, 0.15) is 13.8 Å². The topological polar surface area (TPSA) is 78.5 Å². The van der Waals surface area contributed by atoms with Crippen LogP contribution in [-0.4, -0.2) is 22.3 Å². The maximum atomic E-state index is 8.41. The molecule has 0 aromatic rings. The van der Waals surface area contributed by atoms with Gasteiger partial charge in [-0.3, -0.25) is 11.1 Å². The summed E-state index contributed by atoms with van der Waals surface area (Å²) in [5, 5.41) is 19.1. The van der Waals surface area contributed by atoms with Crippen molar-refractivity contribution in [1.82, 2.24) is 5.32 Å². The van der Waals surface area contributed by atoms with Gasteiger partial charge < -0.3 is 10.2 Å². The van der Waals surface area contributed by atoms with Gasteiger partial charge in [-0.25, -0.2) is 0 Å². The van der Waals surface area contributed by atoms with Crippen LogP contribution < -0.4 is 11.1 Å². The molecule has 0 bridgehead atoms. The van der Waals surface area contributed by atoms with E-state index in [4.69, 9.17) is 15.9 Å². The van der Waals surface area contributed by atoms with Gasteiger partial charge >= 0.3 is 0 Å². The molecule has 8 heavy (non-hydrogen) atoms. The Bertz CT molecular complexity index is 66.9. The molecule has 0 saturated carbocycles. The fourth-order valence-corrected chi connectivity index (χ4v) is 0.425. The van der Waals surface area contributed by atoms with E-state index >= 15 is 0 Å². The minimum atomic E-state index is -2.23. The summed E-state index contributed by atoms with van der Waals surface area (Å²) in [4.78, 5) is 0. The van der Waals surface area contributed by atoms with Gasteiger partial charge in [0.1, 0.15) is 0 Å². The van der Waals surface area contributed by atoms with E-state index in [0.29, 0.717) is 0 Å². The van der Waals surface area contributed by atoms with Gasteiger partial charge in [-0.05, 0) is 13.8 Å². The molecule has 0 heterocycles. The van der Waals surface area contributed by atoms with Crippen molar-refractivity contribution in [3.8, 4) is 0 Å². The molecular formula is C4H12N2O2. The molecule has 0 saturated heterocycles. The van der Waals surface area contributed by atoms with E-state index in [1.54, 1.807) is 13.8 Å². The summed E-state index contributed by atoms with van der Waals surface area (Å²) in [5.41, 5.74) is 4.74. The third kappa shape index (κ3) is 5.84. The number of rotatable bonds is 2. The van der Waals surface area contributed by atoms with Crippen LogP contribution in [0.25, 0.3) is 0 Å². The minimum Gasteiger partial charge on any atom is -0.341 e. The first-order valence-electron chi connectivity index (χ1n) is 2.43. The van der Waals surface area contributed by atoms with Crippen molar-refractivity contribution < 1.29 is 10.2 Å². The Labute approximate surface area is 48.3 Å². The number of nitrogens with one attached hydrogen (secondary N) is 1. The van der Waals surface area contributed by atoms with Gasteiger partial charge in [0.15, 0.2) is 0 Å². The van der Waals surface area contributed by atoms with Gasteiger partial charge in [-0.2, -0.15) is 0 Å². The van der Waals surface area contributed by atoms with Gasteiger partial charge in [-0.15, -0.1) is 0 Å². The second kappa shape index (κ2) is 2.41. The van der Waals surface area contributed by atoms with Crippen molar-refractivity contribution in [3.05, 3.63) is 0 Å². The molecule has 4 heteroatoms. The molecule has 0 rings (SSSR count). The number of hydrogen-bond acceptors (Lipinski definition) is 4. The Balaban J connectivity index is 3.39. The predicted molar refractivity (Wildman–Crippen MR) is 29.6 cm³/mol. The lowest BCUT2D eigenvalue weighted by Crippen LogP contribution is -2.55. The maximum Gasteiger partial charge on any atom is 0.284 e. The Morgan fingerprint density at radius 1 is 1.50 bits per heavy atom. The highest BCUT2D eigenvalue weighted by molar-refractivity contribution is 4.55. The molecule has 0 amide bonds. The first kappa shape index (κ1) is 7.84. The molecule has 50 valence electrons. The lowest BCUT2D eigenvalue weighted by Gasteiger charge is -2.19. The zero-order chi connectivity index (χ0) is 6.78. The molecular weight excluding hydrogens is 108 g/mol. The molecule has 0 atom stereocenters. The lowest BCUT2D eigenvalue weighted by molar-refractivity contribution is -0.184. The van der Waals surface area contributed by atoms with Crippen LogP contribution in [0.15, 0.2) is 0 Å². The van der Waals surface area contributed by atoms with E-state index in [-0.39, 0.29) is 6.04 Å². The van der Waals surface area contributed by atoms with E-state index in [1.807, 2.05) is 0 Å². The van der Waals surface area contributed by atoms with Crippen molar-refractivity contribution in [2.75, 3.05) is 0 Å². The van der Waals surface area contributed by atoms with Crippen LogP contribution in [0.2, 0.25) is 0 Å². The zero-order valence-electron chi connectivity index (χ0n) is 5.05. The highest BCUT2D eigenvalue weighted by atomic mass is 16.5. The van der Waals surface area contributed by atoms with Gasteiger partial charge in [-0.1, -0.05) is 0 Å². The highest BCUT2D eigenvalue weighted by Gasteiger charge is 2.14. The molecule has 0 aromatic heterocycles. The lowest BCUT2D eigenvalue weighted by atomic mass is 10.4. The van der Waals surface area contributed by atoms with E-state index in [1.165, 1.54) is 0 Å². The van der Waals surface area contributed by atoms with E-state index < -0.39 is 6.03 Å². The van der Waals surface area contributed by atoms with Crippen LogP contribution in [0.5, 0.6) is 0 Å². The van der Waals surface area contributed by atoms with Gasteiger partial charge in [0.25, 0.3) is 6.03 Å². The summed E-state index contributed by atoms with van der Waals surface area (Å²) in [6.45, 7) is 3.52. The largest absolute Gasteiger partial charge is 0.341 e. The van der Waals surface area contributed by atoms with Crippen molar-refractivity contribution in [1.29, 1.82) is 0 Å². The van der Waals surface area contributed by atoms with Crippen molar-refractivity contribution in [2.24, 2.45) is 5.73 Å². The average molecular weight is 120 g/mol. The highest BCUT2D eigenvalue weighted by Crippen LogP contribution is 1.83. The fraction of sp³-hybridized carbons (Fsp3) is 1.00. The molecule has 0 spiro atoms. The SMILES string of the molecule is CC(C)NC(N)(O)O. The normalized spacial score (nSPS) is 12.8. The standard InChI is InChI=1S/C4H12N2O2/c1-3(2)6-4(5,7)8/h3,6-8H,5H2,1-2H3. The molecule has 0 fully saturated rings. The number of hydrogen-bond donors (Lipinski definition) is 4. The molecule has 0 aliphatic heterocycles. The average Bonchev–Trinajstić information content (AvgIpc) is 1.21. The fourth-order valence-electron chi connectivity index (χ4n) is 0.425. The van der Waals surface area contributed by atoms with Gasteiger partial charge in [0, 0.05) is 6.04 Å². The zero-order valence-corrected chi connectivity index (χ0v) is 5.05. The van der Waals surface area contributed by atoms with Gasteiger partial charge in [0.2, 0.25) is 0 Å². The third-order valence-corrected chi connectivity index (χ3v) is 0.501.